The molecule has 0 saturated carbocycles. The van der Waals surface area contributed by atoms with Gasteiger partial charge in [-0.1, -0.05) is 12.1 Å². The van der Waals surface area contributed by atoms with Crippen LogP contribution >= 0.6 is 0 Å². The van der Waals surface area contributed by atoms with E-state index in [4.69, 9.17) is 4.74 Å². The number of benzene rings is 1. The molecular weight excluding hydrogens is 368 g/mol. The molecule has 0 N–H and O–H groups in total. The van der Waals surface area contributed by atoms with E-state index in [0.717, 1.165) is 17.7 Å². The summed E-state index contributed by atoms with van der Waals surface area (Å²) in [4.78, 5) is 35.6. The predicted molar refractivity (Wildman–Crippen MR) is 112 cm³/mol. The zero-order chi connectivity index (χ0) is 20.8. The van der Waals surface area contributed by atoms with E-state index >= 15 is 0 Å². The van der Waals surface area contributed by atoms with Gasteiger partial charge in [-0.3, -0.25) is 9.59 Å². The molecule has 2 heterocycles. The molecule has 0 aliphatic carbocycles. The SMILES string of the molecule is COc1ccc(CC(=O)N2CCCN(C(=O)c3cccnc3N(C)C)CC2)cc1. The largest absolute Gasteiger partial charge is 0.497 e. The molecule has 0 atom stereocenters. The second-order valence-corrected chi connectivity index (χ2v) is 7.32. The van der Waals surface area contributed by atoms with Crippen LogP contribution in [0.25, 0.3) is 0 Å². The van der Waals surface area contributed by atoms with Gasteiger partial charge in [-0.2, -0.15) is 0 Å². The Morgan fingerprint density at radius 2 is 1.72 bits per heavy atom. The number of hydrogen-bond acceptors (Lipinski definition) is 5. The van der Waals surface area contributed by atoms with E-state index in [1.165, 1.54) is 0 Å². The van der Waals surface area contributed by atoms with Crippen LogP contribution in [0.5, 0.6) is 5.75 Å². The van der Waals surface area contributed by atoms with Crippen LogP contribution in [-0.4, -0.2) is 74.0 Å². The third-order valence-electron chi connectivity index (χ3n) is 5.09. The van der Waals surface area contributed by atoms with Gasteiger partial charge in [-0.25, -0.2) is 4.98 Å². The average Bonchev–Trinajstić information content (AvgIpc) is 3.00. The minimum atomic E-state index is -0.0359. The number of rotatable bonds is 5. The Hall–Kier alpha value is -3.09. The lowest BCUT2D eigenvalue weighted by molar-refractivity contribution is -0.130. The highest BCUT2D eigenvalue weighted by atomic mass is 16.5. The molecule has 1 aliphatic heterocycles. The molecule has 7 heteroatoms. The van der Waals surface area contributed by atoms with Crippen LogP contribution in [0.4, 0.5) is 5.82 Å². The van der Waals surface area contributed by atoms with Gasteiger partial charge in [0.25, 0.3) is 5.91 Å². The Bertz CT molecular complexity index is 851. The Balaban J connectivity index is 1.62. The number of anilines is 1. The monoisotopic (exact) mass is 396 g/mol. The van der Waals surface area contributed by atoms with Crippen LogP contribution in [0.15, 0.2) is 42.6 Å². The Labute approximate surface area is 171 Å². The molecule has 1 fully saturated rings. The van der Waals surface area contributed by atoms with Crippen molar-refractivity contribution < 1.29 is 14.3 Å². The molecule has 29 heavy (non-hydrogen) atoms. The summed E-state index contributed by atoms with van der Waals surface area (Å²) in [6, 6.07) is 11.1. The van der Waals surface area contributed by atoms with Crippen molar-refractivity contribution in [2.24, 2.45) is 0 Å². The first kappa shape index (κ1) is 20.6. The predicted octanol–water partition coefficient (Wildman–Crippen LogP) is 2.07. The molecule has 0 spiro atoms. The van der Waals surface area contributed by atoms with Crippen LogP contribution in [-0.2, 0) is 11.2 Å². The normalized spacial score (nSPS) is 14.3. The van der Waals surface area contributed by atoms with E-state index in [1.54, 1.807) is 19.4 Å². The molecule has 0 bridgehead atoms. The van der Waals surface area contributed by atoms with Crippen LogP contribution in [0, 0.1) is 0 Å². The minimum Gasteiger partial charge on any atom is -0.497 e. The standard InChI is InChI=1S/C22H28N4O3/c1-24(2)21-19(6-4-11-23-21)22(28)26-13-5-12-25(14-15-26)20(27)16-17-7-9-18(29-3)10-8-17/h4,6-11H,5,12-16H2,1-3H3. The Morgan fingerprint density at radius 3 is 2.41 bits per heavy atom. The summed E-state index contributed by atoms with van der Waals surface area (Å²) >= 11 is 0. The van der Waals surface area contributed by atoms with Gasteiger partial charge in [0.05, 0.1) is 19.1 Å². The molecule has 1 saturated heterocycles. The number of carbonyl (C=O) groups is 2. The molecule has 7 nitrogen and oxygen atoms in total. The average molecular weight is 396 g/mol. The summed E-state index contributed by atoms with van der Waals surface area (Å²) < 4.78 is 5.16. The van der Waals surface area contributed by atoms with Gasteiger partial charge in [-0.15, -0.1) is 0 Å². The van der Waals surface area contributed by atoms with Crippen molar-refractivity contribution in [3.05, 3.63) is 53.7 Å². The van der Waals surface area contributed by atoms with Crippen molar-refractivity contribution in [3.8, 4) is 5.75 Å². The lowest BCUT2D eigenvalue weighted by Crippen LogP contribution is -2.38. The Morgan fingerprint density at radius 1 is 1.03 bits per heavy atom. The number of ether oxygens (including phenoxy) is 1. The van der Waals surface area contributed by atoms with Crippen LogP contribution in [0.2, 0.25) is 0 Å². The van der Waals surface area contributed by atoms with Crippen molar-refractivity contribution in [1.29, 1.82) is 0 Å². The van der Waals surface area contributed by atoms with Gasteiger partial charge < -0.3 is 19.4 Å². The van der Waals surface area contributed by atoms with Gasteiger partial charge in [0.2, 0.25) is 5.91 Å². The third kappa shape index (κ3) is 5.04. The summed E-state index contributed by atoms with van der Waals surface area (Å²) in [6.45, 7) is 2.35. The molecule has 2 amide bonds. The first-order valence-corrected chi connectivity index (χ1v) is 9.82. The maximum atomic E-state index is 13.0. The van der Waals surface area contributed by atoms with Gasteiger partial charge in [0.1, 0.15) is 11.6 Å². The smallest absolute Gasteiger partial charge is 0.257 e. The number of carbonyl (C=O) groups excluding carboxylic acids is 2. The molecule has 1 aromatic carbocycles. The fraction of sp³-hybridized carbons (Fsp3) is 0.409. The number of amides is 2. The van der Waals surface area contributed by atoms with Crippen LogP contribution in [0.1, 0.15) is 22.3 Å². The van der Waals surface area contributed by atoms with Gasteiger partial charge >= 0.3 is 0 Å². The zero-order valence-corrected chi connectivity index (χ0v) is 17.3. The van der Waals surface area contributed by atoms with Crippen LogP contribution in [0.3, 0.4) is 0 Å². The highest BCUT2D eigenvalue weighted by molar-refractivity contribution is 5.98. The first-order chi connectivity index (χ1) is 14.0. The number of pyridine rings is 1. The number of aromatic nitrogens is 1. The molecule has 154 valence electrons. The van der Waals surface area contributed by atoms with E-state index < -0.39 is 0 Å². The second-order valence-electron chi connectivity index (χ2n) is 7.32. The molecule has 1 aliphatic rings. The van der Waals surface area contributed by atoms with Crippen molar-refractivity contribution in [2.75, 3.05) is 52.3 Å². The lowest BCUT2D eigenvalue weighted by Gasteiger charge is -2.24. The van der Waals surface area contributed by atoms with Gasteiger partial charge in [0.15, 0.2) is 0 Å². The van der Waals surface area contributed by atoms with Crippen molar-refractivity contribution in [1.82, 2.24) is 14.8 Å². The second kappa shape index (κ2) is 9.41. The summed E-state index contributed by atoms with van der Waals surface area (Å²) in [5.41, 5.74) is 1.55. The first-order valence-electron chi connectivity index (χ1n) is 9.82. The Kier molecular flexibility index (Phi) is 6.69. The van der Waals surface area contributed by atoms with Crippen molar-refractivity contribution >= 4 is 17.6 Å². The molecule has 0 unspecified atom stereocenters. The van der Waals surface area contributed by atoms with Crippen molar-refractivity contribution in [2.45, 2.75) is 12.8 Å². The molecule has 0 radical (unpaired) electrons. The fourth-order valence-corrected chi connectivity index (χ4v) is 3.49. The third-order valence-corrected chi connectivity index (χ3v) is 5.09. The van der Waals surface area contributed by atoms with Gasteiger partial charge in [-0.05, 0) is 36.2 Å². The maximum Gasteiger partial charge on any atom is 0.257 e. The topological polar surface area (TPSA) is 66.0 Å². The van der Waals surface area contributed by atoms with E-state index in [-0.39, 0.29) is 11.8 Å². The van der Waals surface area contributed by atoms with E-state index in [9.17, 15) is 9.59 Å². The van der Waals surface area contributed by atoms with Crippen molar-refractivity contribution in [3.63, 3.8) is 0 Å². The number of hydrogen-bond donors (Lipinski definition) is 0. The molecular formula is C22H28N4O3. The fourth-order valence-electron chi connectivity index (χ4n) is 3.49. The highest BCUT2D eigenvalue weighted by Crippen LogP contribution is 2.18. The number of methoxy groups -OCH3 is 1. The summed E-state index contributed by atoms with van der Waals surface area (Å²) in [5, 5.41) is 0. The molecule has 2 aromatic rings. The van der Waals surface area contributed by atoms with Gasteiger partial charge in [0, 0.05) is 46.5 Å². The quantitative estimate of drug-likeness (QED) is 0.774. The van der Waals surface area contributed by atoms with E-state index in [1.807, 2.05) is 59.1 Å². The summed E-state index contributed by atoms with van der Waals surface area (Å²) in [7, 11) is 5.37. The number of nitrogens with zero attached hydrogens (tertiary/aromatic N) is 4. The maximum absolute atomic E-state index is 13.0. The highest BCUT2D eigenvalue weighted by Gasteiger charge is 2.25. The molecule has 1 aromatic heterocycles. The zero-order valence-electron chi connectivity index (χ0n) is 17.3. The van der Waals surface area contributed by atoms with E-state index in [2.05, 4.69) is 4.98 Å². The summed E-state index contributed by atoms with van der Waals surface area (Å²) in [6.07, 6.45) is 2.80. The van der Waals surface area contributed by atoms with E-state index in [0.29, 0.717) is 44.0 Å². The molecule has 3 rings (SSSR count). The van der Waals surface area contributed by atoms with Crippen LogP contribution < -0.4 is 9.64 Å². The lowest BCUT2D eigenvalue weighted by atomic mass is 10.1. The summed E-state index contributed by atoms with van der Waals surface area (Å²) in [5.74, 6) is 1.48. The minimum absolute atomic E-state index is 0.0359.